The van der Waals surface area contributed by atoms with Crippen LogP contribution in [0, 0.1) is 0 Å². The predicted octanol–water partition coefficient (Wildman–Crippen LogP) is -0.224. The quantitative estimate of drug-likeness (QED) is 0.534. The Balaban J connectivity index is 1.99. The van der Waals surface area contributed by atoms with Gasteiger partial charge in [0.1, 0.15) is 11.6 Å². The number of anilines is 1. The Kier molecular flexibility index (Phi) is 2.46. The van der Waals surface area contributed by atoms with E-state index < -0.39 is 0 Å². The van der Waals surface area contributed by atoms with Gasteiger partial charge in [-0.15, -0.1) is 10.2 Å². The molecule has 1 aliphatic rings. The summed E-state index contributed by atoms with van der Waals surface area (Å²) in [5.41, 5.74) is 2.39. The molecule has 3 N–H and O–H groups in total. The predicted molar refractivity (Wildman–Crippen MR) is 49.5 cm³/mol. The molecule has 14 heavy (non-hydrogen) atoms. The largest absolute Gasteiger partial charge is 0.448 e. The molecule has 0 saturated carbocycles. The highest BCUT2D eigenvalue weighted by molar-refractivity contribution is 7.15. The van der Waals surface area contributed by atoms with E-state index in [1.165, 1.54) is 11.3 Å². The number of hydrogen-bond donors (Lipinski definition) is 2. The maximum atomic E-state index is 11.1. The first-order valence-corrected chi connectivity index (χ1v) is 4.82. The monoisotopic (exact) mass is 215 g/mol. The number of nitrogens with two attached hydrogens (primary N) is 1. The molecule has 0 unspecified atom stereocenters. The minimum atomic E-state index is -0.303. The summed E-state index contributed by atoms with van der Waals surface area (Å²) in [6.07, 6.45) is -0.303. The molecule has 1 aromatic rings. The first-order chi connectivity index (χ1) is 6.79. The number of hydrazine groups is 1. The topological polar surface area (TPSA) is 93.4 Å². The van der Waals surface area contributed by atoms with Gasteiger partial charge in [-0.1, -0.05) is 11.3 Å². The van der Waals surface area contributed by atoms with Crippen molar-refractivity contribution in [1.29, 1.82) is 0 Å². The second kappa shape index (κ2) is 3.76. The number of nitrogens with zero attached hydrogens (tertiary/aromatic N) is 3. The van der Waals surface area contributed by atoms with Crippen molar-refractivity contribution in [1.82, 2.24) is 15.1 Å². The van der Waals surface area contributed by atoms with Gasteiger partial charge >= 0.3 is 6.09 Å². The molecule has 1 amide bonds. The summed E-state index contributed by atoms with van der Waals surface area (Å²) in [7, 11) is 0. The van der Waals surface area contributed by atoms with E-state index in [0.29, 0.717) is 24.8 Å². The Hall–Kier alpha value is -1.41. The molecule has 76 valence electrons. The van der Waals surface area contributed by atoms with Crippen LogP contribution in [0.1, 0.15) is 5.01 Å². The average molecular weight is 215 g/mol. The summed E-state index contributed by atoms with van der Waals surface area (Å²) in [4.78, 5) is 12.6. The molecule has 1 fully saturated rings. The van der Waals surface area contributed by atoms with Crippen LogP contribution in [0.4, 0.5) is 9.93 Å². The molecule has 1 saturated heterocycles. The van der Waals surface area contributed by atoms with E-state index in [0.717, 1.165) is 5.01 Å². The highest BCUT2D eigenvalue weighted by Crippen LogP contribution is 2.17. The van der Waals surface area contributed by atoms with E-state index in [2.05, 4.69) is 15.6 Å². The zero-order chi connectivity index (χ0) is 9.97. The lowest BCUT2D eigenvalue weighted by molar-refractivity contribution is 0.157. The maximum absolute atomic E-state index is 11.1. The number of carbonyl (C=O) groups is 1. The van der Waals surface area contributed by atoms with E-state index in [9.17, 15) is 4.79 Å². The molecule has 0 atom stereocenters. The molecule has 0 aromatic carbocycles. The number of aromatic nitrogens is 2. The summed E-state index contributed by atoms with van der Waals surface area (Å²) in [5, 5.41) is 8.88. The lowest BCUT2D eigenvalue weighted by Crippen LogP contribution is -2.23. The number of nitrogen functional groups attached to an aromatic ring is 1. The van der Waals surface area contributed by atoms with Crippen LogP contribution in [0.5, 0.6) is 0 Å². The highest BCUT2D eigenvalue weighted by Gasteiger charge is 2.23. The molecule has 0 aliphatic carbocycles. The van der Waals surface area contributed by atoms with E-state index in [1.54, 1.807) is 4.90 Å². The number of nitrogens with one attached hydrogen (secondary N) is 1. The van der Waals surface area contributed by atoms with Gasteiger partial charge in [0, 0.05) is 0 Å². The van der Waals surface area contributed by atoms with Crippen molar-refractivity contribution in [2.45, 2.75) is 6.54 Å². The van der Waals surface area contributed by atoms with E-state index in [4.69, 9.17) is 10.6 Å². The lowest BCUT2D eigenvalue weighted by atomic mass is 10.5. The Morgan fingerprint density at radius 2 is 2.50 bits per heavy atom. The van der Waals surface area contributed by atoms with Gasteiger partial charge < -0.3 is 4.74 Å². The molecular weight excluding hydrogens is 206 g/mol. The van der Waals surface area contributed by atoms with Crippen LogP contribution in [0.3, 0.4) is 0 Å². The summed E-state index contributed by atoms with van der Waals surface area (Å²) < 4.78 is 4.77. The van der Waals surface area contributed by atoms with Gasteiger partial charge in [0.15, 0.2) is 0 Å². The summed E-state index contributed by atoms with van der Waals surface area (Å²) >= 11 is 1.31. The molecule has 2 rings (SSSR count). The number of cyclic esters (lactones) is 1. The molecule has 8 heteroatoms. The number of rotatable bonds is 3. The van der Waals surface area contributed by atoms with Crippen LogP contribution < -0.4 is 11.3 Å². The van der Waals surface area contributed by atoms with Crippen molar-refractivity contribution in [3.05, 3.63) is 5.01 Å². The normalized spacial score (nSPS) is 15.8. The zero-order valence-corrected chi connectivity index (χ0v) is 8.08. The van der Waals surface area contributed by atoms with E-state index in [-0.39, 0.29) is 6.09 Å². The van der Waals surface area contributed by atoms with Crippen LogP contribution in [0.25, 0.3) is 0 Å². The maximum Gasteiger partial charge on any atom is 0.410 e. The Morgan fingerprint density at radius 3 is 3.07 bits per heavy atom. The Bertz CT molecular complexity index is 341. The van der Waals surface area contributed by atoms with Crippen LogP contribution in [-0.2, 0) is 11.3 Å². The van der Waals surface area contributed by atoms with E-state index >= 15 is 0 Å². The van der Waals surface area contributed by atoms with Crippen LogP contribution >= 0.6 is 11.3 Å². The number of amides is 1. The standard InChI is InChI=1S/C6H9N5O2S/c7-8-5-10-9-4(14-5)3-11-1-2-13-6(11)12/h1-3,7H2,(H,8,10). The minimum Gasteiger partial charge on any atom is -0.448 e. The van der Waals surface area contributed by atoms with Crippen molar-refractivity contribution in [3.8, 4) is 0 Å². The fourth-order valence-corrected chi connectivity index (χ4v) is 1.77. The zero-order valence-electron chi connectivity index (χ0n) is 7.27. The molecule has 1 aromatic heterocycles. The summed E-state index contributed by atoms with van der Waals surface area (Å²) in [6, 6.07) is 0. The third kappa shape index (κ3) is 1.75. The van der Waals surface area contributed by atoms with Gasteiger partial charge in [0.2, 0.25) is 5.13 Å². The first-order valence-electron chi connectivity index (χ1n) is 4.00. The second-order valence-corrected chi connectivity index (χ2v) is 3.74. The fourth-order valence-electron chi connectivity index (χ4n) is 1.11. The SMILES string of the molecule is NNc1nnc(CN2CCOC2=O)s1. The van der Waals surface area contributed by atoms with Crippen molar-refractivity contribution in [2.24, 2.45) is 5.84 Å². The first kappa shape index (κ1) is 9.16. The van der Waals surface area contributed by atoms with Gasteiger partial charge in [-0.2, -0.15) is 0 Å². The third-order valence-electron chi connectivity index (χ3n) is 1.76. The van der Waals surface area contributed by atoms with Crippen LogP contribution in [0.15, 0.2) is 0 Å². The fraction of sp³-hybridized carbons (Fsp3) is 0.500. The van der Waals surface area contributed by atoms with Crippen molar-refractivity contribution in [2.75, 3.05) is 18.6 Å². The second-order valence-electron chi connectivity index (χ2n) is 2.68. The molecule has 1 aliphatic heterocycles. The smallest absolute Gasteiger partial charge is 0.410 e. The number of hydrogen-bond acceptors (Lipinski definition) is 7. The highest BCUT2D eigenvalue weighted by atomic mass is 32.1. The van der Waals surface area contributed by atoms with Crippen molar-refractivity contribution in [3.63, 3.8) is 0 Å². The van der Waals surface area contributed by atoms with Crippen LogP contribution in [0.2, 0.25) is 0 Å². The van der Waals surface area contributed by atoms with Crippen LogP contribution in [-0.4, -0.2) is 34.3 Å². The molecule has 7 nitrogen and oxygen atoms in total. The minimum absolute atomic E-state index is 0.303. The third-order valence-corrected chi connectivity index (χ3v) is 2.60. The van der Waals surface area contributed by atoms with E-state index in [1.807, 2.05) is 0 Å². The van der Waals surface area contributed by atoms with Crippen molar-refractivity contribution >= 4 is 22.6 Å². The Morgan fingerprint density at radius 1 is 1.64 bits per heavy atom. The van der Waals surface area contributed by atoms with Crippen molar-refractivity contribution < 1.29 is 9.53 Å². The molecule has 0 radical (unpaired) electrons. The van der Waals surface area contributed by atoms with Gasteiger partial charge in [-0.05, 0) is 0 Å². The van der Waals surface area contributed by atoms with Gasteiger partial charge in [-0.25, -0.2) is 10.6 Å². The summed E-state index contributed by atoms with van der Waals surface area (Å²) in [6.45, 7) is 1.47. The Labute approximate surface area is 83.8 Å². The molecule has 0 bridgehead atoms. The molecule has 2 heterocycles. The van der Waals surface area contributed by atoms with Gasteiger partial charge in [-0.3, -0.25) is 10.3 Å². The lowest BCUT2D eigenvalue weighted by Gasteiger charge is -2.08. The molecule has 0 spiro atoms. The molecular formula is C6H9N5O2S. The number of ether oxygens (including phenoxy) is 1. The summed E-state index contributed by atoms with van der Waals surface area (Å²) in [5.74, 6) is 5.15. The van der Waals surface area contributed by atoms with Gasteiger partial charge in [0.25, 0.3) is 0 Å². The average Bonchev–Trinajstić information content (AvgIpc) is 2.77. The number of carbonyl (C=O) groups excluding carboxylic acids is 1. The van der Waals surface area contributed by atoms with Gasteiger partial charge in [0.05, 0.1) is 13.1 Å².